The molecule has 1 unspecified atom stereocenters. The number of benzene rings is 1. The number of carbonyl (C=O) groups excluding carboxylic acids is 3. The van der Waals surface area contributed by atoms with Crippen LogP contribution in [0.25, 0.3) is 0 Å². The smallest absolute Gasteiger partial charge is 0.309 e. The molecule has 2 fully saturated rings. The molecule has 2 aliphatic carbocycles. The quantitative estimate of drug-likeness (QED) is 0.792. The average molecular weight is 371 g/mol. The van der Waals surface area contributed by atoms with Gasteiger partial charge in [0, 0.05) is 17.5 Å². The lowest BCUT2D eigenvalue weighted by molar-refractivity contribution is -0.161. The summed E-state index contributed by atoms with van der Waals surface area (Å²) in [6, 6.07) is 7.65. The van der Waals surface area contributed by atoms with Gasteiger partial charge in [-0.25, -0.2) is 0 Å². The number of rotatable bonds is 5. The minimum atomic E-state index is -0.866. The maximum absolute atomic E-state index is 12.6. The Morgan fingerprint density at radius 1 is 1.07 bits per heavy atom. The molecule has 0 radical (unpaired) electrons. The van der Waals surface area contributed by atoms with Gasteiger partial charge >= 0.3 is 5.97 Å². The number of esters is 1. The number of carbonyl (C=O) groups is 3. The molecule has 5 nitrogen and oxygen atoms in total. The second-order valence-electron chi connectivity index (χ2n) is 8.21. The molecule has 0 aromatic heterocycles. The number of para-hydroxylation sites is 1. The van der Waals surface area contributed by atoms with Crippen LogP contribution in [0.2, 0.25) is 0 Å². The van der Waals surface area contributed by atoms with Gasteiger partial charge in [0.05, 0.1) is 5.92 Å². The van der Waals surface area contributed by atoms with Gasteiger partial charge in [-0.2, -0.15) is 0 Å². The van der Waals surface area contributed by atoms with Crippen LogP contribution in [-0.4, -0.2) is 23.8 Å². The number of ether oxygens (including phenoxy) is 1. The number of anilines is 1. The van der Waals surface area contributed by atoms with E-state index in [0.717, 1.165) is 30.5 Å². The Balaban J connectivity index is 1.58. The summed E-state index contributed by atoms with van der Waals surface area (Å²) in [6.07, 6.45) is 3.09. The first-order valence-electron chi connectivity index (χ1n) is 10.0. The van der Waals surface area contributed by atoms with Crippen LogP contribution in [-0.2, 0) is 19.1 Å². The monoisotopic (exact) mass is 371 g/mol. The van der Waals surface area contributed by atoms with E-state index in [2.05, 4.69) is 19.2 Å². The molecule has 27 heavy (non-hydrogen) atoms. The molecule has 1 amide bonds. The molecule has 2 aliphatic rings. The highest BCUT2D eigenvalue weighted by Crippen LogP contribution is 2.40. The van der Waals surface area contributed by atoms with Crippen molar-refractivity contribution < 1.29 is 19.1 Å². The molecule has 4 atom stereocenters. The molecule has 146 valence electrons. The maximum atomic E-state index is 12.6. The molecular weight excluding hydrogens is 342 g/mol. The van der Waals surface area contributed by atoms with E-state index in [9.17, 15) is 14.4 Å². The van der Waals surface area contributed by atoms with E-state index in [0.29, 0.717) is 18.6 Å². The van der Waals surface area contributed by atoms with Crippen molar-refractivity contribution in [1.82, 2.24) is 0 Å². The summed E-state index contributed by atoms with van der Waals surface area (Å²) in [6.45, 7) is 5.73. The summed E-state index contributed by atoms with van der Waals surface area (Å²) in [5, 5.41) is 2.88. The number of nitrogens with one attached hydrogen (secondary N) is 1. The van der Waals surface area contributed by atoms with Gasteiger partial charge in [-0.05, 0) is 50.2 Å². The van der Waals surface area contributed by atoms with E-state index in [1.54, 1.807) is 6.92 Å². The minimum absolute atomic E-state index is 0.00268. The molecule has 1 aromatic carbocycles. The standard InChI is InChI=1S/C22H29NO4/c1-13(2)18-9-4-5-10-19(18)23-21(25)14(3)27-22(26)17-11-15-7-6-8-16(12-17)20(15)24/h4-5,9-10,13-17H,6-8,11-12H2,1-3H3,(H,23,25)/t14-,15-,16+,17?/m0/s1. The third-order valence-electron chi connectivity index (χ3n) is 5.88. The summed E-state index contributed by atoms with van der Waals surface area (Å²) < 4.78 is 5.46. The van der Waals surface area contributed by atoms with Crippen LogP contribution in [0.3, 0.4) is 0 Å². The Morgan fingerprint density at radius 3 is 2.33 bits per heavy atom. The predicted octanol–water partition coefficient (Wildman–Crippen LogP) is 4.08. The SMILES string of the molecule is CC(C)c1ccccc1NC(=O)[C@H](C)OC(=O)C1C[C@H]2CCC[C@@H](C1)C2=O. The van der Waals surface area contributed by atoms with E-state index in [-0.39, 0.29) is 35.5 Å². The van der Waals surface area contributed by atoms with Crippen molar-refractivity contribution in [3.63, 3.8) is 0 Å². The van der Waals surface area contributed by atoms with Gasteiger partial charge in [0.2, 0.25) is 0 Å². The maximum Gasteiger partial charge on any atom is 0.309 e. The summed E-state index contributed by atoms with van der Waals surface area (Å²) in [5.41, 5.74) is 1.79. The molecular formula is C22H29NO4. The lowest BCUT2D eigenvalue weighted by Gasteiger charge is -2.36. The summed E-state index contributed by atoms with van der Waals surface area (Å²) in [4.78, 5) is 37.3. The summed E-state index contributed by atoms with van der Waals surface area (Å²) in [7, 11) is 0. The van der Waals surface area contributed by atoms with E-state index < -0.39 is 6.10 Å². The van der Waals surface area contributed by atoms with Gasteiger partial charge < -0.3 is 10.1 Å². The number of fused-ring (bicyclic) bond motifs is 2. The second kappa shape index (κ2) is 8.24. The lowest BCUT2D eigenvalue weighted by atomic mass is 9.67. The fourth-order valence-corrected chi connectivity index (χ4v) is 4.34. The van der Waals surface area contributed by atoms with E-state index in [1.807, 2.05) is 24.3 Å². The Kier molecular flexibility index (Phi) is 5.98. The average Bonchev–Trinajstić information content (AvgIpc) is 2.61. The minimum Gasteiger partial charge on any atom is -0.452 e. The largest absolute Gasteiger partial charge is 0.452 e. The molecule has 1 aromatic rings. The fraction of sp³-hybridized carbons (Fsp3) is 0.591. The molecule has 2 saturated carbocycles. The number of hydrogen-bond acceptors (Lipinski definition) is 4. The van der Waals surface area contributed by atoms with Crippen LogP contribution >= 0.6 is 0 Å². The fourth-order valence-electron chi connectivity index (χ4n) is 4.34. The van der Waals surface area contributed by atoms with Crippen molar-refractivity contribution in [1.29, 1.82) is 0 Å². The van der Waals surface area contributed by atoms with Crippen molar-refractivity contribution in [3.8, 4) is 0 Å². The van der Waals surface area contributed by atoms with Crippen LogP contribution in [0.5, 0.6) is 0 Å². The van der Waals surface area contributed by atoms with Gasteiger partial charge in [-0.1, -0.05) is 38.5 Å². The highest BCUT2D eigenvalue weighted by atomic mass is 16.5. The Morgan fingerprint density at radius 2 is 1.70 bits per heavy atom. The highest BCUT2D eigenvalue weighted by molar-refractivity contribution is 5.96. The summed E-state index contributed by atoms with van der Waals surface area (Å²) >= 11 is 0. The van der Waals surface area contributed by atoms with Gasteiger partial charge in [0.25, 0.3) is 5.91 Å². The molecule has 1 N–H and O–H groups in total. The zero-order chi connectivity index (χ0) is 19.6. The number of ketones is 1. The zero-order valence-electron chi connectivity index (χ0n) is 16.4. The topological polar surface area (TPSA) is 72.5 Å². The Hall–Kier alpha value is -2.17. The summed E-state index contributed by atoms with van der Waals surface area (Å²) in [5.74, 6) is -0.354. The number of Topliss-reactive ketones (excluding diaryl/α,β-unsaturated/α-hetero) is 1. The van der Waals surface area contributed by atoms with Crippen molar-refractivity contribution in [2.24, 2.45) is 17.8 Å². The molecule has 0 saturated heterocycles. The third-order valence-corrected chi connectivity index (χ3v) is 5.88. The van der Waals surface area contributed by atoms with Gasteiger partial charge in [0.1, 0.15) is 5.78 Å². The highest BCUT2D eigenvalue weighted by Gasteiger charge is 2.42. The van der Waals surface area contributed by atoms with Crippen LogP contribution in [0, 0.1) is 17.8 Å². The van der Waals surface area contributed by atoms with Crippen molar-refractivity contribution in [2.75, 3.05) is 5.32 Å². The van der Waals surface area contributed by atoms with Gasteiger partial charge in [-0.15, -0.1) is 0 Å². The van der Waals surface area contributed by atoms with E-state index in [1.165, 1.54) is 0 Å². The first-order chi connectivity index (χ1) is 12.9. The van der Waals surface area contributed by atoms with Gasteiger partial charge in [-0.3, -0.25) is 14.4 Å². The Labute approximate surface area is 160 Å². The van der Waals surface area contributed by atoms with Crippen molar-refractivity contribution in [2.45, 2.75) is 64.9 Å². The molecule has 0 aliphatic heterocycles. The van der Waals surface area contributed by atoms with Crippen LogP contribution < -0.4 is 5.32 Å². The molecule has 3 rings (SSSR count). The van der Waals surface area contributed by atoms with Crippen molar-refractivity contribution >= 4 is 23.3 Å². The van der Waals surface area contributed by atoms with E-state index in [4.69, 9.17) is 4.74 Å². The van der Waals surface area contributed by atoms with Crippen LogP contribution in [0.1, 0.15) is 64.4 Å². The van der Waals surface area contributed by atoms with Crippen LogP contribution in [0.4, 0.5) is 5.69 Å². The van der Waals surface area contributed by atoms with Gasteiger partial charge in [0.15, 0.2) is 6.10 Å². The molecule has 5 heteroatoms. The molecule has 2 bridgehead atoms. The number of amides is 1. The predicted molar refractivity (Wildman–Crippen MR) is 103 cm³/mol. The van der Waals surface area contributed by atoms with Crippen LogP contribution in [0.15, 0.2) is 24.3 Å². The Bertz CT molecular complexity index is 711. The first kappa shape index (κ1) is 19.6. The second-order valence-corrected chi connectivity index (χ2v) is 8.21. The zero-order valence-corrected chi connectivity index (χ0v) is 16.4. The molecule has 0 spiro atoms. The number of hydrogen-bond donors (Lipinski definition) is 1. The normalized spacial score (nSPS) is 25.8. The first-order valence-corrected chi connectivity index (χ1v) is 10.0. The van der Waals surface area contributed by atoms with E-state index >= 15 is 0 Å². The van der Waals surface area contributed by atoms with Crippen molar-refractivity contribution in [3.05, 3.63) is 29.8 Å². The third kappa shape index (κ3) is 4.40. The molecule has 0 heterocycles. The lowest BCUT2D eigenvalue weighted by Crippen LogP contribution is -2.41.